The van der Waals surface area contributed by atoms with E-state index in [1.165, 1.54) is 5.56 Å². The van der Waals surface area contributed by atoms with Crippen molar-refractivity contribution >= 4 is 5.78 Å². The lowest BCUT2D eigenvalue weighted by Gasteiger charge is -2.04. The molecule has 76 valence electrons. The van der Waals surface area contributed by atoms with Crippen molar-refractivity contribution < 1.29 is 14.6 Å². The summed E-state index contributed by atoms with van der Waals surface area (Å²) in [7, 11) is 0. The third-order valence-electron chi connectivity index (χ3n) is 1.91. The van der Waals surface area contributed by atoms with Crippen molar-refractivity contribution in [1.82, 2.24) is 0 Å². The van der Waals surface area contributed by atoms with Gasteiger partial charge < -0.3 is 9.84 Å². The van der Waals surface area contributed by atoms with Crippen molar-refractivity contribution in [3.05, 3.63) is 29.8 Å². The number of carbonyl (C=O) groups is 1. The first-order valence-electron chi connectivity index (χ1n) is 4.60. The Labute approximate surface area is 83.3 Å². The summed E-state index contributed by atoms with van der Waals surface area (Å²) in [5.41, 5.74) is 1.23. The molecule has 1 rings (SSSR count). The fourth-order valence-corrected chi connectivity index (χ4v) is 1.03. The van der Waals surface area contributed by atoms with E-state index in [-0.39, 0.29) is 12.4 Å². The molecule has 0 saturated heterocycles. The Kier molecular flexibility index (Phi) is 4.13. The van der Waals surface area contributed by atoms with Gasteiger partial charge >= 0.3 is 0 Å². The number of carbonyl (C=O) groups excluding carboxylic acids is 1. The monoisotopic (exact) mass is 194 g/mol. The molecule has 0 bridgehead atoms. The first kappa shape index (κ1) is 10.7. The predicted molar refractivity (Wildman–Crippen MR) is 53.4 cm³/mol. The van der Waals surface area contributed by atoms with E-state index in [1.54, 1.807) is 0 Å². The number of aliphatic hydroxyl groups is 1. The maximum Gasteiger partial charge on any atom is 0.195 e. The zero-order valence-electron chi connectivity index (χ0n) is 8.19. The van der Waals surface area contributed by atoms with Gasteiger partial charge in [-0.05, 0) is 24.1 Å². The van der Waals surface area contributed by atoms with Crippen molar-refractivity contribution in [2.24, 2.45) is 0 Å². The predicted octanol–water partition coefficient (Wildman–Crippen LogP) is 1.19. The summed E-state index contributed by atoms with van der Waals surface area (Å²) < 4.78 is 5.15. The number of hydrogen-bond donors (Lipinski definition) is 1. The maximum absolute atomic E-state index is 10.7. The number of hydrogen-bond acceptors (Lipinski definition) is 3. The summed E-state index contributed by atoms with van der Waals surface area (Å²) in [4.78, 5) is 10.7. The van der Waals surface area contributed by atoms with E-state index in [0.717, 1.165) is 6.42 Å². The third kappa shape index (κ3) is 3.18. The van der Waals surface area contributed by atoms with E-state index < -0.39 is 6.61 Å². The highest BCUT2D eigenvalue weighted by Gasteiger charge is 2.00. The molecule has 3 heteroatoms. The normalized spacial score (nSPS) is 9.86. The van der Waals surface area contributed by atoms with Gasteiger partial charge in [0, 0.05) is 0 Å². The van der Waals surface area contributed by atoms with Gasteiger partial charge in [0.15, 0.2) is 5.78 Å². The molecule has 14 heavy (non-hydrogen) atoms. The molecule has 0 amide bonds. The van der Waals surface area contributed by atoms with Crippen LogP contribution in [0.25, 0.3) is 0 Å². The van der Waals surface area contributed by atoms with Crippen molar-refractivity contribution in [3.63, 3.8) is 0 Å². The minimum absolute atomic E-state index is 0.0675. The fraction of sp³-hybridized carbons (Fsp3) is 0.364. The van der Waals surface area contributed by atoms with Crippen LogP contribution in [0.15, 0.2) is 24.3 Å². The SMILES string of the molecule is CCc1ccc(OCC(=O)CO)cc1. The Hall–Kier alpha value is -1.35. The number of aryl methyl sites for hydroxylation is 1. The van der Waals surface area contributed by atoms with E-state index in [2.05, 4.69) is 6.92 Å². The van der Waals surface area contributed by atoms with E-state index in [1.807, 2.05) is 24.3 Å². The van der Waals surface area contributed by atoms with Crippen molar-refractivity contribution in [2.45, 2.75) is 13.3 Å². The lowest BCUT2D eigenvalue weighted by Crippen LogP contribution is -2.14. The molecule has 0 saturated carbocycles. The molecule has 0 unspecified atom stereocenters. The summed E-state index contributed by atoms with van der Waals surface area (Å²) in [5.74, 6) is 0.341. The number of rotatable bonds is 5. The van der Waals surface area contributed by atoms with Gasteiger partial charge in [0.2, 0.25) is 0 Å². The van der Waals surface area contributed by atoms with Gasteiger partial charge in [-0.25, -0.2) is 0 Å². The first-order chi connectivity index (χ1) is 6.76. The quantitative estimate of drug-likeness (QED) is 0.765. The van der Waals surface area contributed by atoms with Gasteiger partial charge in [0.1, 0.15) is 19.0 Å². The molecule has 1 N–H and O–H groups in total. The van der Waals surface area contributed by atoms with Gasteiger partial charge in [-0.1, -0.05) is 19.1 Å². The van der Waals surface area contributed by atoms with Gasteiger partial charge in [-0.2, -0.15) is 0 Å². The molecule has 1 aromatic rings. The molecular formula is C11H14O3. The Morgan fingerprint density at radius 1 is 1.36 bits per heavy atom. The minimum Gasteiger partial charge on any atom is -0.486 e. The largest absolute Gasteiger partial charge is 0.486 e. The summed E-state index contributed by atoms with van der Waals surface area (Å²) in [5, 5.41) is 8.47. The van der Waals surface area contributed by atoms with Crippen LogP contribution in [0.1, 0.15) is 12.5 Å². The number of ketones is 1. The first-order valence-corrected chi connectivity index (χ1v) is 4.60. The molecule has 0 radical (unpaired) electrons. The Bertz CT molecular complexity index is 290. The molecule has 0 aliphatic rings. The average Bonchev–Trinajstić information content (AvgIpc) is 2.26. The highest BCUT2D eigenvalue weighted by molar-refractivity contribution is 5.80. The highest BCUT2D eigenvalue weighted by Crippen LogP contribution is 2.12. The Balaban J connectivity index is 2.47. The third-order valence-corrected chi connectivity index (χ3v) is 1.91. The van der Waals surface area contributed by atoms with Crippen LogP contribution in [0.2, 0.25) is 0 Å². The van der Waals surface area contributed by atoms with E-state index in [0.29, 0.717) is 5.75 Å². The molecule has 0 atom stereocenters. The van der Waals surface area contributed by atoms with Crippen LogP contribution < -0.4 is 4.74 Å². The molecule has 0 heterocycles. The maximum atomic E-state index is 10.7. The van der Waals surface area contributed by atoms with E-state index in [4.69, 9.17) is 9.84 Å². The van der Waals surface area contributed by atoms with E-state index >= 15 is 0 Å². The lowest BCUT2D eigenvalue weighted by atomic mass is 10.2. The summed E-state index contributed by atoms with van der Waals surface area (Å²) in [6.07, 6.45) is 0.982. The van der Waals surface area contributed by atoms with E-state index in [9.17, 15) is 4.79 Å². The Morgan fingerprint density at radius 3 is 2.50 bits per heavy atom. The van der Waals surface area contributed by atoms with Crippen LogP contribution in [0, 0.1) is 0 Å². The van der Waals surface area contributed by atoms with Gasteiger partial charge in [0.05, 0.1) is 0 Å². The van der Waals surface area contributed by atoms with Crippen LogP contribution in [-0.2, 0) is 11.2 Å². The molecule has 0 spiro atoms. The molecular weight excluding hydrogens is 180 g/mol. The topological polar surface area (TPSA) is 46.5 Å². The average molecular weight is 194 g/mol. The number of benzene rings is 1. The van der Waals surface area contributed by atoms with Crippen molar-refractivity contribution in [1.29, 1.82) is 0 Å². The smallest absolute Gasteiger partial charge is 0.195 e. The molecule has 0 aliphatic carbocycles. The summed E-state index contributed by atoms with van der Waals surface area (Å²) in [6.45, 7) is 1.54. The molecule has 0 fully saturated rings. The lowest BCUT2D eigenvalue weighted by molar-refractivity contribution is -0.123. The van der Waals surface area contributed by atoms with Crippen LogP contribution in [0.5, 0.6) is 5.75 Å². The summed E-state index contributed by atoms with van der Waals surface area (Å²) in [6, 6.07) is 7.56. The zero-order chi connectivity index (χ0) is 10.4. The second kappa shape index (κ2) is 5.40. The minimum atomic E-state index is -0.465. The zero-order valence-corrected chi connectivity index (χ0v) is 8.19. The number of Topliss-reactive ketones (excluding diaryl/α,β-unsaturated/α-hetero) is 1. The molecule has 1 aromatic carbocycles. The van der Waals surface area contributed by atoms with Gasteiger partial charge in [0.25, 0.3) is 0 Å². The van der Waals surface area contributed by atoms with Crippen LogP contribution in [-0.4, -0.2) is 24.1 Å². The van der Waals surface area contributed by atoms with Gasteiger partial charge in [-0.15, -0.1) is 0 Å². The van der Waals surface area contributed by atoms with Crippen molar-refractivity contribution in [2.75, 3.05) is 13.2 Å². The van der Waals surface area contributed by atoms with Crippen LogP contribution >= 0.6 is 0 Å². The molecule has 3 nitrogen and oxygen atoms in total. The second-order valence-corrected chi connectivity index (χ2v) is 2.98. The number of ether oxygens (including phenoxy) is 1. The Morgan fingerprint density at radius 2 is 2.00 bits per heavy atom. The van der Waals surface area contributed by atoms with Crippen LogP contribution in [0.3, 0.4) is 0 Å². The highest BCUT2D eigenvalue weighted by atomic mass is 16.5. The van der Waals surface area contributed by atoms with Gasteiger partial charge in [-0.3, -0.25) is 4.79 Å². The second-order valence-electron chi connectivity index (χ2n) is 2.98. The summed E-state index contributed by atoms with van der Waals surface area (Å²) >= 11 is 0. The van der Waals surface area contributed by atoms with Crippen LogP contribution in [0.4, 0.5) is 0 Å². The molecule has 0 aliphatic heterocycles. The molecule has 0 aromatic heterocycles. The standard InChI is InChI=1S/C11H14O3/c1-2-9-3-5-11(6-4-9)14-8-10(13)7-12/h3-6,12H,2,7-8H2,1H3. The number of aliphatic hydroxyl groups excluding tert-OH is 1. The fourth-order valence-electron chi connectivity index (χ4n) is 1.03. The van der Waals surface area contributed by atoms with Crippen molar-refractivity contribution in [3.8, 4) is 5.75 Å².